The second-order valence-corrected chi connectivity index (χ2v) is 8.29. The SMILES string of the molecule is COc1ccc([C@@H](C)NC(=O)c2cccc(S(=O)(=O)Nc3ccc(F)cc3)c2)cc1. The van der Waals surface area contributed by atoms with Crippen LogP contribution in [0.2, 0.25) is 0 Å². The lowest BCUT2D eigenvalue weighted by Gasteiger charge is -2.15. The summed E-state index contributed by atoms with van der Waals surface area (Å²) in [6.07, 6.45) is 0. The van der Waals surface area contributed by atoms with Crippen LogP contribution < -0.4 is 14.8 Å². The zero-order valence-electron chi connectivity index (χ0n) is 16.4. The molecule has 3 rings (SSSR count). The lowest BCUT2D eigenvalue weighted by Crippen LogP contribution is -2.27. The number of benzene rings is 3. The maximum atomic E-state index is 13.0. The molecule has 0 fully saturated rings. The molecule has 0 aliphatic rings. The second kappa shape index (κ2) is 8.96. The molecule has 156 valence electrons. The van der Waals surface area contributed by atoms with Crippen molar-refractivity contribution in [3.63, 3.8) is 0 Å². The number of ether oxygens (including phenoxy) is 1. The van der Waals surface area contributed by atoms with Gasteiger partial charge in [-0.25, -0.2) is 12.8 Å². The summed E-state index contributed by atoms with van der Waals surface area (Å²) in [6.45, 7) is 1.83. The molecule has 1 amide bonds. The standard InChI is InChI=1S/C22H21FN2O4S/c1-15(16-6-12-20(29-2)13-7-16)24-22(26)17-4-3-5-21(14-17)30(27,28)25-19-10-8-18(23)9-11-19/h3-15,25H,1-2H3,(H,24,26)/t15-/m1/s1. The number of hydrogen-bond donors (Lipinski definition) is 2. The van der Waals surface area contributed by atoms with Gasteiger partial charge in [0.05, 0.1) is 18.0 Å². The summed E-state index contributed by atoms with van der Waals surface area (Å²) in [5, 5.41) is 2.85. The zero-order chi connectivity index (χ0) is 21.7. The van der Waals surface area contributed by atoms with Crippen LogP contribution in [0.25, 0.3) is 0 Å². The van der Waals surface area contributed by atoms with E-state index in [2.05, 4.69) is 10.0 Å². The number of anilines is 1. The van der Waals surface area contributed by atoms with Crippen LogP contribution in [-0.4, -0.2) is 21.4 Å². The molecule has 0 aliphatic carbocycles. The fourth-order valence-electron chi connectivity index (χ4n) is 2.79. The summed E-state index contributed by atoms with van der Waals surface area (Å²) < 4.78 is 45.7. The molecule has 3 aromatic carbocycles. The van der Waals surface area contributed by atoms with Crippen LogP contribution in [0.1, 0.15) is 28.9 Å². The second-order valence-electron chi connectivity index (χ2n) is 6.61. The van der Waals surface area contributed by atoms with Crippen LogP contribution in [0.15, 0.2) is 77.7 Å². The molecule has 0 spiro atoms. The Hall–Kier alpha value is -3.39. The van der Waals surface area contributed by atoms with Crippen molar-refractivity contribution >= 4 is 21.6 Å². The fourth-order valence-corrected chi connectivity index (χ4v) is 3.90. The summed E-state index contributed by atoms with van der Waals surface area (Å²) in [5.41, 5.74) is 1.31. The quantitative estimate of drug-likeness (QED) is 0.593. The van der Waals surface area contributed by atoms with Gasteiger partial charge in [0, 0.05) is 11.3 Å². The topological polar surface area (TPSA) is 84.5 Å². The number of methoxy groups -OCH3 is 1. The summed E-state index contributed by atoms with van der Waals surface area (Å²) in [5.74, 6) is -0.163. The van der Waals surface area contributed by atoms with Gasteiger partial charge in [0.15, 0.2) is 0 Å². The number of carbonyl (C=O) groups is 1. The molecule has 0 saturated heterocycles. The molecular weight excluding hydrogens is 407 g/mol. The average Bonchev–Trinajstić information content (AvgIpc) is 2.75. The summed E-state index contributed by atoms with van der Waals surface area (Å²) in [6, 6.07) is 17.6. The van der Waals surface area contributed by atoms with Crippen molar-refractivity contribution in [1.82, 2.24) is 5.32 Å². The highest BCUT2D eigenvalue weighted by Gasteiger charge is 2.18. The highest BCUT2D eigenvalue weighted by atomic mass is 32.2. The molecule has 0 unspecified atom stereocenters. The van der Waals surface area contributed by atoms with Crippen LogP contribution in [0.3, 0.4) is 0 Å². The third-order valence-electron chi connectivity index (χ3n) is 4.47. The molecule has 0 bridgehead atoms. The van der Waals surface area contributed by atoms with Crippen molar-refractivity contribution in [3.8, 4) is 5.75 Å². The first-order valence-electron chi connectivity index (χ1n) is 9.12. The monoisotopic (exact) mass is 428 g/mol. The van der Waals surface area contributed by atoms with E-state index in [-0.39, 0.29) is 22.2 Å². The van der Waals surface area contributed by atoms with Gasteiger partial charge in [0.2, 0.25) is 0 Å². The summed E-state index contributed by atoms with van der Waals surface area (Å²) in [7, 11) is -2.36. The molecular formula is C22H21FN2O4S. The minimum atomic E-state index is -3.94. The first-order chi connectivity index (χ1) is 14.3. The van der Waals surface area contributed by atoms with E-state index in [9.17, 15) is 17.6 Å². The van der Waals surface area contributed by atoms with E-state index in [0.717, 1.165) is 17.7 Å². The number of amides is 1. The van der Waals surface area contributed by atoms with Gasteiger partial charge < -0.3 is 10.1 Å². The molecule has 6 nitrogen and oxygen atoms in total. The number of halogens is 1. The molecule has 0 heterocycles. The van der Waals surface area contributed by atoms with Gasteiger partial charge >= 0.3 is 0 Å². The number of nitrogens with one attached hydrogen (secondary N) is 2. The van der Waals surface area contributed by atoms with E-state index >= 15 is 0 Å². The molecule has 0 saturated carbocycles. The van der Waals surface area contributed by atoms with E-state index < -0.39 is 21.7 Å². The van der Waals surface area contributed by atoms with Gasteiger partial charge in [-0.2, -0.15) is 0 Å². The van der Waals surface area contributed by atoms with E-state index in [0.29, 0.717) is 5.75 Å². The maximum Gasteiger partial charge on any atom is 0.261 e. The third kappa shape index (κ3) is 5.15. The fraction of sp³-hybridized carbons (Fsp3) is 0.136. The van der Waals surface area contributed by atoms with Crippen molar-refractivity contribution < 1.29 is 22.3 Å². The van der Waals surface area contributed by atoms with Gasteiger partial charge in [-0.1, -0.05) is 18.2 Å². The Bertz CT molecular complexity index is 1130. The Morgan fingerprint density at radius 1 is 1.00 bits per heavy atom. The first-order valence-corrected chi connectivity index (χ1v) is 10.6. The van der Waals surface area contributed by atoms with Gasteiger partial charge in [0.25, 0.3) is 15.9 Å². The highest BCUT2D eigenvalue weighted by molar-refractivity contribution is 7.92. The molecule has 3 aromatic rings. The highest BCUT2D eigenvalue weighted by Crippen LogP contribution is 2.20. The molecule has 30 heavy (non-hydrogen) atoms. The molecule has 0 radical (unpaired) electrons. The van der Waals surface area contributed by atoms with Gasteiger partial charge in [-0.05, 0) is 67.1 Å². The van der Waals surface area contributed by atoms with Gasteiger partial charge in [0.1, 0.15) is 11.6 Å². The molecule has 0 aliphatic heterocycles. The minimum absolute atomic E-state index is 0.0726. The van der Waals surface area contributed by atoms with Gasteiger partial charge in [-0.15, -0.1) is 0 Å². The van der Waals surface area contributed by atoms with E-state index in [1.807, 2.05) is 19.1 Å². The average molecular weight is 428 g/mol. The van der Waals surface area contributed by atoms with Crippen molar-refractivity contribution in [3.05, 3.63) is 89.7 Å². The third-order valence-corrected chi connectivity index (χ3v) is 5.85. The van der Waals surface area contributed by atoms with E-state index in [4.69, 9.17) is 4.74 Å². The largest absolute Gasteiger partial charge is 0.497 e. The molecule has 0 aromatic heterocycles. The van der Waals surface area contributed by atoms with Crippen molar-refractivity contribution in [1.29, 1.82) is 0 Å². The van der Waals surface area contributed by atoms with Crippen molar-refractivity contribution in [2.45, 2.75) is 17.9 Å². The van der Waals surface area contributed by atoms with E-state index in [1.165, 1.54) is 36.4 Å². The smallest absolute Gasteiger partial charge is 0.261 e. The van der Waals surface area contributed by atoms with Gasteiger partial charge in [-0.3, -0.25) is 9.52 Å². The summed E-state index contributed by atoms with van der Waals surface area (Å²) >= 11 is 0. The lowest BCUT2D eigenvalue weighted by molar-refractivity contribution is 0.0939. The normalized spacial score (nSPS) is 12.1. The first kappa shape index (κ1) is 21.3. The number of rotatable bonds is 7. The molecule has 1 atom stereocenters. The summed E-state index contributed by atoms with van der Waals surface area (Å²) in [4.78, 5) is 12.6. The minimum Gasteiger partial charge on any atom is -0.497 e. The maximum absolute atomic E-state index is 13.0. The number of sulfonamides is 1. The molecule has 8 heteroatoms. The zero-order valence-corrected chi connectivity index (χ0v) is 17.2. The number of hydrogen-bond acceptors (Lipinski definition) is 4. The molecule has 2 N–H and O–H groups in total. The van der Waals surface area contributed by atoms with Crippen LogP contribution in [0.4, 0.5) is 10.1 Å². The number of carbonyl (C=O) groups excluding carboxylic acids is 1. The van der Waals surface area contributed by atoms with Crippen LogP contribution in [0, 0.1) is 5.82 Å². The predicted octanol–water partition coefficient (Wildman–Crippen LogP) is 4.13. The Kier molecular flexibility index (Phi) is 6.37. The Morgan fingerprint density at radius 2 is 1.67 bits per heavy atom. The van der Waals surface area contributed by atoms with Crippen LogP contribution in [0.5, 0.6) is 5.75 Å². The Morgan fingerprint density at radius 3 is 2.30 bits per heavy atom. The predicted molar refractivity (Wildman–Crippen MR) is 113 cm³/mol. The van der Waals surface area contributed by atoms with Crippen LogP contribution >= 0.6 is 0 Å². The van der Waals surface area contributed by atoms with E-state index in [1.54, 1.807) is 19.2 Å². The van der Waals surface area contributed by atoms with Crippen LogP contribution in [-0.2, 0) is 10.0 Å². The Balaban J connectivity index is 1.74. The Labute approximate surface area is 174 Å². The van der Waals surface area contributed by atoms with Crippen molar-refractivity contribution in [2.75, 3.05) is 11.8 Å². The van der Waals surface area contributed by atoms with Crippen molar-refractivity contribution in [2.24, 2.45) is 0 Å². The lowest BCUT2D eigenvalue weighted by atomic mass is 10.1.